The highest BCUT2D eigenvalue weighted by Gasteiger charge is 2.39. The van der Waals surface area contributed by atoms with Gasteiger partial charge in [-0.25, -0.2) is 0 Å². The summed E-state index contributed by atoms with van der Waals surface area (Å²) in [4.78, 5) is 49.4. The fourth-order valence-corrected chi connectivity index (χ4v) is 4.58. The second-order valence-corrected chi connectivity index (χ2v) is 9.08. The third kappa shape index (κ3) is 5.94. The van der Waals surface area contributed by atoms with Gasteiger partial charge in [0.05, 0.1) is 6.10 Å². The summed E-state index contributed by atoms with van der Waals surface area (Å²) in [5.41, 5.74) is 0.302. The summed E-state index contributed by atoms with van der Waals surface area (Å²) in [6.07, 6.45) is 4.94. The summed E-state index contributed by atoms with van der Waals surface area (Å²) in [6.45, 7) is 5.34. The predicted molar refractivity (Wildman–Crippen MR) is 117 cm³/mol. The fraction of sp³-hybridized carbons (Fsp3) is 0.583. The van der Waals surface area contributed by atoms with Crippen molar-refractivity contribution in [2.45, 2.75) is 77.5 Å². The maximum absolute atomic E-state index is 13.2. The van der Waals surface area contributed by atoms with Crippen LogP contribution in [0.15, 0.2) is 24.3 Å². The van der Waals surface area contributed by atoms with Crippen molar-refractivity contribution in [3.63, 3.8) is 0 Å². The monoisotopic (exact) mass is 444 g/mol. The number of amides is 2. The molecule has 1 aromatic rings. The molecule has 0 aromatic heterocycles. The Morgan fingerprint density at radius 2 is 1.84 bits per heavy atom. The normalized spacial score (nSPS) is 22.9. The Morgan fingerprint density at radius 3 is 2.44 bits per heavy atom. The molecule has 0 bridgehead atoms. The van der Waals surface area contributed by atoms with Crippen LogP contribution in [-0.4, -0.2) is 48.4 Å². The molecule has 1 heterocycles. The molecule has 8 heteroatoms. The van der Waals surface area contributed by atoms with Gasteiger partial charge >= 0.3 is 5.97 Å². The predicted octanol–water partition coefficient (Wildman–Crippen LogP) is 2.54. The molecule has 2 amide bonds. The topological polar surface area (TPSA) is 111 Å². The summed E-state index contributed by atoms with van der Waals surface area (Å²) in [5, 5.41) is 5.68. The Hall–Kier alpha value is -2.74. The third-order valence-electron chi connectivity index (χ3n) is 6.37. The molecular weight excluding hydrogens is 412 g/mol. The van der Waals surface area contributed by atoms with Crippen LogP contribution in [0.2, 0.25) is 0 Å². The summed E-state index contributed by atoms with van der Waals surface area (Å²) in [5.74, 6) is -1.03. The van der Waals surface area contributed by atoms with E-state index in [1.165, 1.54) is 19.1 Å². The minimum atomic E-state index is -0.773. The molecule has 0 unspecified atom stereocenters. The van der Waals surface area contributed by atoms with E-state index in [1.807, 2.05) is 6.92 Å². The molecule has 0 spiro atoms. The summed E-state index contributed by atoms with van der Waals surface area (Å²) in [7, 11) is 0. The Bertz CT molecular complexity index is 860. The number of hydrogen-bond donors (Lipinski definition) is 2. The van der Waals surface area contributed by atoms with Crippen molar-refractivity contribution in [3.05, 3.63) is 29.8 Å². The number of esters is 1. The molecule has 1 aliphatic carbocycles. The number of ether oxygens (including phenoxy) is 2. The van der Waals surface area contributed by atoms with Crippen LogP contribution in [0.3, 0.4) is 0 Å². The lowest BCUT2D eigenvalue weighted by Crippen LogP contribution is -2.54. The van der Waals surface area contributed by atoms with E-state index >= 15 is 0 Å². The molecule has 2 N–H and O–H groups in total. The van der Waals surface area contributed by atoms with Crippen LogP contribution in [-0.2, 0) is 19.1 Å². The van der Waals surface area contributed by atoms with Crippen LogP contribution in [0.25, 0.3) is 0 Å². The average molecular weight is 445 g/mol. The lowest BCUT2D eigenvalue weighted by molar-refractivity contribution is -0.132. The van der Waals surface area contributed by atoms with Gasteiger partial charge in [-0.3, -0.25) is 19.2 Å². The Labute approximate surface area is 188 Å². The van der Waals surface area contributed by atoms with Crippen molar-refractivity contribution in [2.24, 2.45) is 5.41 Å². The van der Waals surface area contributed by atoms with Crippen molar-refractivity contribution in [3.8, 4) is 5.75 Å². The van der Waals surface area contributed by atoms with Crippen molar-refractivity contribution in [1.29, 1.82) is 0 Å². The minimum absolute atomic E-state index is 0.00707. The first kappa shape index (κ1) is 23.9. The molecular formula is C24H32N2O6. The molecule has 1 saturated heterocycles. The first-order chi connectivity index (χ1) is 15.2. The number of ketones is 1. The number of carbonyl (C=O) groups excluding carboxylic acids is 4. The van der Waals surface area contributed by atoms with Crippen LogP contribution in [0.4, 0.5) is 0 Å². The van der Waals surface area contributed by atoms with Crippen LogP contribution < -0.4 is 15.4 Å². The molecule has 174 valence electrons. The maximum atomic E-state index is 13.2. The van der Waals surface area contributed by atoms with E-state index in [2.05, 4.69) is 17.6 Å². The van der Waals surface area contributed by atoms with E-state index < -0.39 is 24.0 Å². The van der Waals surface area contributed by atoms with Gasteiger partial charge in [0, 0.05) is 12.5 Å². The highest BCUT2D eigenvalue weighted by molar-refractivity contribution is 5.99. The number of benzene rings is 1. The van der Waals surface area contributed by atoms with Crippen LogP contribution in [0.5, 0.6) is 5.75 Å². The Kier molecular flexibility index (Phi) is 7.66. The zero-order chi connectivity index (χ0) is 23.3. The van der Waals surface area contributed by atoms with Gasteiger partial charge < -0.3 is 20.1 Å². The van der Waals surface area contributed by atoms with Gasteiger partial charge in [0.15, 0.2) is 5.78 Å². The molecule has 2 fully saturated rings. The molecule has 32 heavy (non-hydrogen) atoms. The first-order valence-corrected chi connectivity index (χ1v) is 11.2. The quantitative estimate of drug-likeness (QED) is 0.471. The molecule has 1 aromatic carbocycles. The van der Waals surface area contributed by atoms with E-state index in [9.17, 15) is 19.2 Å². The number of rotatable bonds is 8. The lowest BCUT2D eigenvalue weighted by atomic mass is 9.81. The van der Waals surface area contributed by atoms with E-state index in [4.69, 9.17) is 9.47 Å². The molecule has 3 rings (SSSR count). The van der Waals surface area contributed by atoms with Gasteiger partial charge in [0.2, 0.25) is 5.91 Å². The second-order valence-electron chi connectivity index (χ2n) is 9.08. The van der Waals surface area contributed by atoms with Crippen molar-refractivity contribution < 1.29 is 28.7 Å². The Morgan fingerprint density at radius 1 is 1.19 bits per heavy atom. The van der Waals surface area contributed by atoms with E-state index in [1.54, 1.807) is 12.1 Å². The van der Waals surface area contributed by atoms with Gasteiger partial charge in [-0.2, -0.15) is 0 Å². The SMILES string of the molecule is CC[C@@H]1OCC(=O)[C@H]1NC(=O)[C@H](CC1(C)CCCC1)NC(=O)c1ccc(OC(C)=O)cc1. The first-order valence-electron chi connectivity index (χ1n) is 11.2. The van der Waals surface area contributed by atoms with Gasteiger partial charge in [0.25, 0.3) is 5.91 Å². The molecule has 1 saturated carbocycles. The van der Waals surface area contributed by atoms with Gasteiger partial charge in [-0.1, -0.05) is 26.7 Å². The smallest absolute Gasteiger partial charge is 0.308 e. The summed E-state index contributed by atoms with van der Waals surface area (Å²) < 4.78 is 10.5. The van der Waals surface area contributed by atoms with Crippen molar-refractivity contribution in [1.82, 2.24) is 10.6 Å². The minimum Gasteiger partial charge on any atom is -0.427 e. The largest absolute Gasteiger partial charge is 0.427 e. The summed E-state index contributed by atoms with van der Waals surface area (Å²) >= 11 is 0. The van der Waals surface area contributed by atoms with E-state index in [0.717, 1.165) is 25.7 Å². The highest BCUT2D eigenvalue weighted by Crippen LogP contribution is 2.41. The van der Waals surface area contributed by atoms with Gasteiger partial charge in [-0.15, -0.1) is 0 Å². The Balaban J connectivity index is 1.73. The average Bonchev–Trinajstić information content (AvgIpc) is 3.33. The van der Waals surface area contributed by atoms with Crippen molar-refractivity contribution in [2.75, 3.05) is 6.61 Å². The van der Waals surface area contributed by atoms with Crippen molar-refractivity contribution >= 4 is 23.6 Å². The number of Topliss-reactive ketones (excluding diaryl/α,β-unsaturated/α-hetero) is 1. The molecule has 0 radical (unpaired) electrons. The second kappa shape index (κ2) is 10.3. The standard InChI is InChI=1S/C24H32N2O6/c1-4-20-21(19(28)14-31-20)26-23(30)18(13-24(3)11-5-6-12-24)25-22(29)16-7-9-17(10-8-16)32-15(2)27/h7-10,18,20-21H,4-6,11-14H2,1-3H3,(H,25,29)(H,26,30)/t18-,20-,21+/m0/s1. The lowest BCUT2D eigenvalue weighted by Gasteiger charge is -2.30. The number of carbonyl (C=O) groups is 4. The van der Waals surface area contributed by atoms with E-state index in [0.29, 0.717) is 24.2 Å². The third-order valence-corrected chi connectivity index (χ3v) is 6.37. The van der Waals surface area contributed by atoms with Crippen LogP contribution in [0, 0.1) is 5.41 Å². The fourth-order valence-electron chi connectivity index (χ4n) is 4.58. The van der Waals surface area contributed by atoms with Gasteiger partial charge in [0.1, 0.15) is 24.4 Å². The van der Waals surface area contributed by atoms with Crippen LogP contribution >= 0.6 is 0 Å². The van der Waals surface area contributed by atoms with Gasteiger partial charge in [-0.05, 0) is 55.4 Å². The molecule has 1 aliphatic heterocycles. The maximum Gasteiger partial charge on any atom is 0.308 e. The zero-order valence-corrected chi connectivity index (χ0v) is 18.9. The number of hydrogen-bond acceptors (Lipinski definition) is 6. The molecule has 3 atom stereocenters. The number of nitrogens with one attached hydrogen (secondary N) is 2. The molecule has 2 aliphatic rings. The molecule has 8 nitrogen and oxygen atoms in total. The highest BCUT2D eigenvalue weighted by atomic mass is 16.5. The summed E-state index contributed by atoms with van der Waals surface area (Å²) in [6, 6.07) is 4.69. The zero-order valence-electron chi connectivity index (χ0n) is 18.9. The van der Waals surface area contributed by atoms with Crippen LogP contribution in [0.1, 0.15) is 69.7 Å². The van der Waals surface area contributed by atoms with E-state index in [-0.39, 0.29) is 29.8 Å².